The van der Waals surface area contributed by atoms with Crippen LogP contribution in [0.5, 0.6) is 11.5 Å². The number of halogens is 1. The van der Waals surface area contributed by atoms with Gasteiger partial charge in [0.2, 0.25) is 0 Å². The minimum absolute atomic E-state index is 0.00585. The fourth-order valence-corrected chi connectivity index (χ4v) is 2.14. The fraction of sp³-hybridized carbons (Fsp3) is 0. The van der Waals surface area contributed by atoms with Crippen molar-refractivity contribution in [2.24, 2.45) is 0 Å². The maximum absolute atomic E-state index is 9.25. The van der Waals surface area contributed by atoms with Gasteiger partial charge in [0.15, 0.2) is 3.92 Å². The molecular formula is C8H5BrN2O2S. The summed E-state index contributed by atoms with van der Waals surface area (Å²) in [7, 11) is 0. The Labute approximate surface area is 92.0 Å². The second-order valence-electron chi connectivity index (χ2n) is 2.60. The van der Waals surface area contributed by atoms with Gasteiger partial charge in [-0.25, -0.2) is 0 Å². The van der Waals surface area contributed by atoms with E-state index in [4.69, 9.17) is 0 Å². The van der Waals surface area contributed by atoms with Crippen LogP contribution in [-0.4, -0.2) is 20.4 Å². The van der Waals surface area contributed by atoms with Crippen molar-refractivity contribution in [2.45, 2.75) is 0 Å². The van der Waals surface area contributed by atoms with Crippen LogP contribution >= 0.6 is 27.3 Å². The third-order valence-corrected chi connectivity index (χ3v) is 2.95. The Morgan fingerprint density at radius 2 is 1.71 bits per heavy atom. The molecule has 4 nitrogen and oxygen atoms in total. The summed E-state index contributed by atoms with van der Waals surface area (Å²) in [6.45, 7) is 0. The minimum Gasteiger partial charge on any atom is -0.508 e. The lowest BCUT2D eigenvalue weighted by Crippen LogP contribution is -1.77. The molecule has 0 amide bonds. The minimum atomic E-state index is 0.00585. The van der Waals surface area contributed by atoms with Crippen molar-refractivity contribution >= 4 is 27.3 Å². The number of nitrogens with zero attached hydrogens (tertiary/aromatic N) is 2. The molecule has 0 unspecified atom stereocenters. The molecule has 0 bridgehead atoms. The van der Waals surface area contributed by atoms with Crippen LogP contribution in [0.25, 0.3) is 10.6 Å². The predicted octanol–water partition coefficient (Wildman–Crippen LogP) is 2.38. The van der Waals surface area contributed by atoms with Crippen molar-refractivity contribution in [3.8, 4) is 22.1 Å². The van der Waals surface area contributed by atoms with Crippen molar-refractivity contribution in [2.75, 3.05) is 0 Å². The number of benzene rings is 1. The van der Waals surface area contributed by atoms with E-state index < -0.39 is 0 Å². The number of hydrogen-bond acceptors (Lipinski definition) is 5. The van der Waals surface area contributed by atoms with Gasteiger partial charge in [0.1, 0.15) is 16.5 Å². The average molecular weight is 273 g/mol. The van der Waals surface area contributed by atoms with E-state index in [0.29, 0.717) is 14.5 Å². The molecule has 2 rings (SSSR count). The highest BCUT2D eigenvalue weighted by Gasteiger charge is 2.07. The van der Waals surface area contributed by atoms with Crippen LogP contribution in [0.2, 0.25) is 0 Å². The summed E-state index contributed by atoms with van der Waals surface area (Å²) in [5.41, 5.74) is 0.644. The van der Waals surface area contributed by atoms with E-state index >= 15 is 0 Å². The summed E-state index contributed by atoms with van der Waals surface area (Å²) in [6.07, 6.45) is 0. The van der Waals surface area contributed by atoms with Gasteiger partial charge in [-0.3, -0.25) is 0 Å². The summed E-state index contributed by atoms with van der Waals surface area (Å²) in [5.74, 6) is 0.0117. The van der Waals surface area contributed by atoms with Gasteiger partial charge in [0.05, 0.1) is 0 Å². The van der Waals surface area contributed by atoms with Gasteiger partial charge in [0.25, 0.3) is 0 Å². The normalized spacial score (nSPS) is 10.4. The molecule has 0 aliphatic rings. The zero-order valence-corrected chi connectivity index (χ0v) is 9.21. The molecule has 2 N–H and O–H groups in total. The van der Waals surface area contributed by atoms with Crippen molar-refractivity contribution in [1.82, 2.24) is 10.2 Å². The third kappa shape index (κ3) is 1.85. The second kappa shape index (κ2) is 3.55. The lowest BCUT2D eigenvalue weighted by Gasteiger charge is -1.98. The largest absolute Gasteiger partial charge is 0.508 e. The third-order valence-electron chi connectivity index (χ3n) is 1.55. The molecule has 0 saturated heterocycles. The average Bonchev–Trinajstić information content (AvgIpc) is 2.50. The SMILES string of the molecule is Oc1cc(O)cc(-c2nnc(Br)s2)c1. The molecule has 0 saturated carbocycles. The van der Waals surface area contributed by atoms with Crippen LogP contribution in [0.1, 0.15) is 0 Å². The Kier molecular flexibility index (Phi) is 2.39. The van der Waals surface area contributed by atoms with E-state index in [-0.39, 0.29) is 11.5 Å². The van der Waals surface area contributed by atoms with Gasteiger partial charge in [-0.15, -0.1) is 10.2 Å². The van der Waals surface area contributed by atoms with E-state index in [9.17, 15) is 10.2 Å². The first-order chi connectivity index (χ1) is 6.65. The number of aromatic hydroxyl groups is 2. The Balaban J connectivity index is 2.51. The van der Waals surface area contributed by atoms with Gasteiger partial charge in [-0.2, -0.15) is 0 Å². The van der Waals surface area contributed by atoms with Crippen molar-refractivity contribution in [1.29, 1.82) is 0 Å². The maximum Gasteiger partial charge on any atom is 0.183 e. The smallest absolute Gasteiger partial charge is 0.183 e. The molecule has 0 spiro atoms. The molecule has 6 heteroatoms. The maximum atomic E-state index is 9.25. The van der Waals surface area contributed by atoms with Gasteiger partial charge < -0.3 is 10.2 Å². The molecule has 0 fully saturated rings. The van der Waals surface area contributed by atoms with Gasteiger partial charge in [0, 0.05) is 11.6 Å². The molecule has 0 atom stereocenters. The van der Waals surface area contributed by atoms with E-state index in [0.717, 1.165) is 0 Å². The van der Waals surface area contributed by atoms with Gasteiger partial charge >= 0.3 is 0 Å². The lowest BCUT2D eigenvalue weighted by atomic mass is 10.2. The van der Waals surface area contributed by atoms with Crippen molar-refractivity contribution < 1.29 is 10.2 Å². The zero-order valence-electron chi connectivity index (χ0n) is 6.81. The molecule has 14 heavy (non-hydrogen) atoms. The van der Waals surface area contributed by atoms with Crippen LogP contribution in [0, 0.1) is 0 Å². The highest BCUT2D eigenvalue weighted by atomic mass is 79.9. The van der Waals surface area contributed by atoms with Crippen molar-refractivity contribution in [3.05, 3.63) is 22.1 Å². The molecule has 0 aliphatic heterocycles. The number of hydrogen-bond donors (Lipinski definition) is 2. The summed E-state index contributed by atoms with van der Waals surface area (Å²) in [6, 6.07) is 4.30. The van der Waals surface area contributed by atoms with Crippen LogP contribution in [0.4, 0.5) is 0 Å². The number of rotatable bonds is 1. The second-order valence-corrected chi connectivity index (χ2v) is 4.85. The standard InChI is InChI=1S/C8H5BrN2O2S/c9-8-11-10-7(14-8)4-1-5(12)3-6(13)2-4/h1-3,12-13H. The molecular weight excluding hydrogens is 268 g/mol. The van der Waals surface area contributed by atoms with Gasteiger partial charge in [-0.1, -0.05) is 11.3 Å². The summed E-state index contributed by atoms with van der Waals surface area (Å²) < 4.78 is 0.662. The highest BCUT2D eigenvalue weighted by molar-refractivity contribution is 9.11. The molecule has 0 aliphatic carbocycles. The Morgan fingerprint density at radius 3 is 2.21 bits per heavy atom. The van der Waals surface area contributed by atoms with Crippen LogP contribution in [0.3, 0.4) is 0 Å². The van der Waals surface area contributed by atoms with Crippen LogP contribution in [-0.2, 0) is 0 Å². The first-order valence-corrected chi connectivity index (χ1v) is 5.28. The molecule has 2 aromatic rings. The monoisotopic (exact) mass is 272 g/mol. The molecule has 1 aromatic carbocycles. The van der Waals surface area contributed by atoms with E-state index in [2.05, 4.69) is 26.1 Å². The number of aromatic nitrogens is 2. The Morgan fingerprint density at radius 1 is 1.07 bits per heavy atom. The summed E-state index contributed by atoms with van der Waals surface area (Å²) in [4.78, 5) is 0. The molecule has 72 valence electrons. The fourth-order valence-electron chi connectivity index (χ4n) is 1.04. The molecule has 1 aromatic heterocycles. The number of phenolic OH excluding ortho intramolecular Hbond substituents is 2. The van der Waals surface area contributed by atoms with E-state index in [1.807, 2.05) is 0 Å². The summed E-state index contributed by atoms with van der Waals surface area (Å²) in [5, 5.41) is 26.8. The van der Waals surface area contributed by atoms with Crippen molar-refractivity contribution in [3.63, 3.8) is 0 Å². The lowest BCUT2D eigenvalue weighted by molar-refractivity contribution is 0.451. The van der Waals surface area contributed by atoms with Gasteiger partial charge in [-0.05, 0) is 28.1 Å². The van der Waals surface area contributed by atoms with E-state index in [1.165, 1.54) is 29.5 Å². The highest BCUT2D eigenvalue weighted by Crippen LogP contribution is 2.31. The Hall–Kier alpha value is -1.14. The van der Waals surface area contributed by atoms with E-state index in [1.54, 1.807) is 0 Å². The first-order valence-electron chi connectivity index (χ1n) is 3.67. The Bertz CT molecular complexity index is 452. The molecule has 0 radical (unpaired) electrons. The van der Waals surface area contributed by atoms with Crippen LogP contribution < -0.4 is 0 Å². The topological polar surface area (TPSA) is 66.2 Å². The first kappa shape index (κ1) is 9.42. The summed E-state index contributed by atoms with van der Waals surface area (Å²) >= 11 is 4.52. The zero-order chi connectivity index (χ0) is 10.1. The molecule has 1 heterocycles. The number of phenols is 2. The predicted molar refractivity (Wildman–Crippen MR) is 56.4 cm³/mol. The quantitative estimate of drug-likeness (QED) is 0.837. The van der Waals surface area contributed by atoms with Crippen LogP contribution in [0.15, 0.2) is 22.1 Å².